The van der Waals surface area contributed by atoms with Gasteiger partial charge in [-0.05, 0) is 52.9 Å². The van der Waals surface area contributed by atoms with Gasteiger partial charge in [0, 0.05) is 18.8 Å². The summed E-state index contributed by atoms with van der Waals surface area (Å²) in [4.78, 5) is 12.3. The Morgan fingerprint density at radius 1 is 1.12 bits per heavy atom. The summed E-state index contributed by atoms with van der Waals surface area (Å²) < 4.78 is 32.9. The number of hydrogen-bond acceptors (Lipinski definition) is 4. The average molecular weight is 488 g/mol. The molecule has 1 N–H and O–H groups in total. The standard InChI is InChI=1S/C18H21IN2O4S/c1-3-21(4-2)26(23,24)15-9-7-8-14(12-15)20-18(22)13-25-17-11-6-5-10-16(17)19/h5-12H,3-4,13H2,1-2H3,(H,20,22). The highest BCUT2D eigenvalue weighted by atomic mass is 127. The van der Waals surface area contributed by atoms with Crippen molar-refractivity contribution in [1.82, 2.24) is 4.31 Å². The van der Waals surface area contributed by atoms with E-state index >= 15 is 0 Å². The Labute approximate surface area is 167 Å². The summed E-state index contributed by atoms with van der Waals surface area (Å²) in [5.41, 5.74) is 0.412. The van der Waals surface area contributed by atoms with Gasteiger partial charge in [0.25, 0.3) is 5.91 Å². The minimum atomic E-state index is -3.57. The molecule has 0 aliphatic rings. The first-order valence-corrected chi connectivity index (χ1v) is 10.7. The number of carbonyl (C=O) groups excluding carboxylic acids is 1. The third-order valence-electron chi connectivity index (χ3n) is 3.66. The van der Waals surface area contributed by atoms with Gasteiger partial charge in [-0.2, -0.15) is 4.31 Å². The van der Waals surface area contributed by atoms with Crippen molar-refractivity contribution in [3.05, 3.63) is 52.1 Å². The molecule has 0 aliphatic carbocycles. The maximum Gasteiger partial charge on any atom is 0.262 e. The number of para-hydroxylation sites is 1. The van der Waals surface area contributed by atoms with Crippen molar-refractivity contribution in [2.75, 3.05) is 25.0 Å². The normalized spacial score (nSPS) is 11.4. The van der Waals surface area contributed by atoms with Crippen LogP contribution in [0.2, 0.25) is 0 Å². The molecule has 0 unspecified atom stereocenters. The lowest BCUT2D eigenvalue weighted by Gasteiger charge is -2.18. The Bertz CT molecular complexity index is 867. The van der Waals surface area contributed by atoms with Crippen LogP contribution in [0.15, 0.2) is 53.4 Å². The van der Waals surface area contributed by atoms with Crippen LogP contribution in [0, 0.1) is 3.57 Å². The Morgan fingerprint density at radius 2 is 1.81 bits per heavy atom. The molecule has 0 bridgehead atoms. The van der Waals surface area contributed by atoms with E-state index in [0.717, 1.165) is 3.57 Å². The smallest absolute Gasteiger partial charge is 0.262 e. The van der Waals surface area contributed by atoms with Crippen molar-refractivity contribution in [1.29, 1.82) is 0 Å². The zero-order chi connectivity index (χ0) is 19.2. The van der Waals surface area contributed by atoms with Crippen molar-refractivity contribution in [2.24, 2.45) is 0 Å². The average Bonchev–Trinajstić information content (AvgIpc) is 2.62. The van der Waals surface area contributed by atoms with Gasteiger partial charge in [-0.1, -0.05) is 32.0 Å². The van der Waals surface area contributed by atoms with Gasteiger partial charge in [0.1, 0.15) is 5.75 Å². The van der Waals surface area contributed by atoms with E-state index in [4.69, 9.17) is 4.74 Å². The molecule has 0 saturated heterocycles. The van der Waals surface area contributed by atoms with Gasteiger partial charge >= 0.3 is 0 Å². The molecule has 0 aromatic heterocycles. The molecule has 1 amide bonds. The van der Waals surface area contributed by atoms with E-state index in [2.05, 4.69) is 27.9 Å². The number of nitrogens with one attached hydrogen (secondary N) is 1. The first-order valence-electron chi connectivity index (χ1n) is 8.15. The predicted octanol–water partition coefficient (Wildman–Crippen LogP) is 3.34. The third kappa shape index (κ3) is 5.18. The molecule has 0 radical (unpaired) electrons. The second kappa shape index (κ2) is 9.33. The number of hydrogen-bond donors (Lipinski definition) is 1. The van der Waals surface area contributed by atoms with Crippen LogP contribution in [0.25, 0.3) is 0 Å². The van der Waals surface area contributed by atoms with Gasteiger partial charge in [-0.25, -0.2) is 8.42 Å². The van der Waals surface area contributed by atoms with Gasteiger partial charge in [-0.3, -0.25) is 4.79 Å². The van der Waals surface area contributed by atoms with Crippen molar-refractivity contribution >= 4 is 44.2 Å². The molecule has 140 valence electrons. The number of benzene rings is 2. The van der Waals surface area contributed by atoms with E-state index in [9.17, 15) is 13.2 Å². The zero-order valence-corrected chi connectivity index (χ0v) is 17.6. The quantitative estimate of drug-likeness (QED) is 0.579. The van der Waals surface area contributed by atoms with Crippen molar-refractivity contribution < 1.29 is 17.9 Å². The molecule has 26 heavy (non-hydrogen) atoms. The molecule has 0 fully saturated rings. The number of rotatable bonds is 8. The Hall–Kier alpha value is -1.65. The van der Waals surface area contributed by atoms with Gasteiger partial charge in [0.05, 0.1) is 8.47 Å². The highest BCUT2D eigenvalue weighted by Gasteiger charge is 2.21. The first kappa shape index (κ1) is 20.7. The van der Waals surface area contributed by atoms with E-state index < -0.39 is 10.0 Å². The molecule has 2 aromatic rings. The SMILES string of the molecule is CCN(CC)S(=O)(=O)c1cccc(NC(=O)COc2ccccc2I)c1. The molecule has 8 heteroatoms. The monoisotopic (exact) mass is 488 g/mol. The van der Waals surface area contributed by atoms with Crippen LogP contribution in [-0.2, 0) is 14.8 Å². The summed E-state index contributed by atoms with van der Waals surface area (Å²) in [6, 6.07) is 13.6. The van der Waals surface area contributed by atoms with Crippen LogP contribution in [0.5, 0.6) is 5.75 Å². The summed E-state index contributed by atoms with van der Waals surface area (Å²) in [7, 11) is -3.57. The minimum absolute atomic E-state index is 0.150. The fourth-order valence-electron chi connectivity index (χ4n) is 2.35. The molecule has 0 saturated carbocycles. The Morgan fingerprint density at radius 3 is 2.46 bits per heavy atom. The van der Waals surface area contributed by atoms with E-state index in [-0.39, 0.29) is 17.4 Å². The van der Waals surface area contributed by atoms with Crippen LogP contribution in [-0.4, -0.2) is 38.3 Å². The summed E-state index contributed by atoms with van der Waals surface area (Å²) in [5.74, 6) is 0.267. The molecule has 0 aliphatic heterocycles. The fraction of sp³-hybridized carbons (Fsp3) is 0.278. The zero-order valence-electron chi connectivity index (χ0n) is 14.6. The van der Waals surface area contributed by atoms with Gasteiger partial charge in [0.2, 0.25) is 10.0 Å². The number of anilines is 1. The molecule has 2 rings (SSSR count). The van der Waals surface area contributed by atoms with Crippen molar-refractivity contribution in [3.63, 3.8) is 0 Å². The summed E-state index contributed by atoms with van der Waals surface area (Å²) >= 11 is 2.13. The fourth-order valence-corrected chi connectivity index (χ4v) is 4.40. The first-order chi connectivity index (χ1) is 12.4. The number of nitrogens with zero attached hydrogens (tertiary/aromatic N) is 1. The number of carbonyl (C=O) groups is 1. The highest BCUT2D eigenvalue weighted by Crippen LogP contribution is 2.21. The molecule has 2 aromatic carbocycles. The van der Waals surface area contributed by atoms with Gasteiger partial charge < -0.3 is 10.1 Å². The summed E-state index contributed by atoms with van der Waals surface area (Å²) in [5, 5.41) is 2.67. The molecule has 0 atom stereocenters. The van der Waals surface area contributed by atoms with Crippen molar-refractivity contribution in [2.45, 2.75) is 18.7 Å². The largest absolute Gasteiger partial charge is 0.483 e. The van der Waals surface area contributed by atoms with Gasteiger partial charge in [-0.15, -0.1) is 0 Å². The number of ether oxygens (including phenoxy) is 1. The lowest BCUT2D eigenvalue weighted by atomic mass is 10.3. The second-order valence-electron chi connectivity index (χ2n) is 5.38. The van der Waals surface area contributed by atoms with Crippen molar-refractivity contribution in [3.8, 4) is 5.75 Å². The van der Waals surface area contributed by atoms with E-state index in [1.54, 1.807) is 32.0 Å². The maximum atomic E-state index is 12.6. The molecule has 0 heterocycles. The maximum absolute atomic E-state index is 12.6. The van der Waals surface area contributed by atoms with Crippen LogP contribution in [0.3, 0.4) is 0 Å². The molecular formula is C18H21IN2O4S. The lowest BCUT2D eigenvalue weighted by molar-refractivity contribution is -0.118. The number of halogens is 1. The van der Waals surface area contributed by atoms with Crippen LogP contribution < -0.4 is 10.1 Å². The highest BCUT2D eigenvalue weighted by molar-refractivity contribution is 14.1. The number of amides is 1. The third-order valence-corrected chi connectivity index (χ3v) is 6.59. The van der Waals surface area contributed by atoms with Crippen LogP contribution in [0.1, 0.15) is 13.8 Å². The lowest BCUT2D eigenvalue weighted by Crippen LogP contribution is -2.30. The Kier molecular flexibility index (Phi) is 7.42. The van der Waals surface area contributed by atoms with Crippen LogP contribution >= 0.6 is 22.6 Å². The number of sulfonamides is 1. The molecule has 6 nitrogen and oxygen atoms in total. The van der Waals surface area contributed by atoms with E-state index in [1.165, 1.54) is 16.4 Å². The Balaban J connectivity index is 2.06. The predicted molar refractivity (Wildman–Crippen MR) is 110 cm³/mol. The molecule has 0 spiro atoms. The van der Waals surface area contributed by atoms with Crippen LogP contribution in [0.4, 0.5) is 5.69 Å². The second-order valence-corrected chi connectivity index (χ2v) is 8.48. The van der Waals surface area contributed by atoms with Gasteiger partial charge in [0.15, 0.2) is 6.61 Å². The summed E-state index contributed by atoms with van der Waals surface area (Å²) in [6.07, 6.45) is 0. The topological polar surface area (TPSA) is 75.7 Å². The summed E-state index contributed by atoms with van der Waals surface area (Å²) in [6.45, 7) is 4.19. The van der Waals surface area contributed by atoms with E-state index in [0.29, 0.717) is 24.5 Å². The van der Waals surface area contributed by atoms with E-state index in [1.807, 2.05) is 18.2 Å². The minimum Gasteiger partial charge on any atom is -0.483 e. The molecular weight excluding hydrogens is 467 g/mol.